The molecule has 1 aromatic heterocycles. The van der Waals surface area contributed by atoms with Crippen LogP contribution in [0.5, 0.6) is 0 Å². The number of aromatic nitrogens is 2. The highest BCUT2D eigenvalue weighted by atomic mass is 19.4. The van der Waals surface area contributed by atoms with Gasteiger partial charge in [0, 0.05) is 11.6 Å². The van der Waals surface area contributed by atoms with Crippen LogP contribution in [0.15, 0.2) is 48.5 Å². The molecular weight excluding hydrogens is 279 g/mol. The molecule has 2 aromatic carbocycles. The Bertz CT molecular complexity index is 813. The van der Waals surface area contributed by atoms with Crippen LogP contribution in [0.1, 0.15) is 5.82 Å². The zero-order valence-electron chi connectivity index (χ0n) is 10.7. The lowest BCUT2D eigenvalue weighted by atomic mass is 10.0. The predicted octanol–water partition coefficient (Wildman–Crippen LogP) is 3.90. The van der Waals surface area contributed by atoms with E-state index in [1.165, 1.54) is 6.07 Å². The number of nitrogens with zero attached hydrogens (tertiary/aromatic N) is 2. The molecule has 0 aliphatic carbocycles. The standard InChI is InChI=1S/C15H10F3N3/c16-15(17,18)14-20-12(8-13(19)21-14)11-6-5-9-3-1-2-4-10(9)7-11/h1-8H,(H2,19,20,21). The average Bonchev–Trinajstić information content (AvgIpc) is 2.45. The Morgan fingerprint density at radius 2 is 1.57 bits per heavy atom. The molecule has 0 aliphatic rings. The van der Waals surface area contributed by atoms with Gasteiger partial charge < -0.3 is 5.73 Å². The number of nitrogens with two attached hydrogens (primary N) is 1. The minimum absolute atomic E-state index is 0.153. The van der Waals surface area contributed by atoms with E-state index < -0.39 is 12.0 Å². The van der Waals surface area contributed by atoms with E-state index in [-0.39, 0.29) is 11.5 Å². The largest absolute Gasteiger partial charge is 0.451 e. The van der Waals surface area contributed by atoms with E-state index in [2.05, 4.69) is 9.97 Å². The van der Waals surface area contributed by atoms with E-state index in [4.69, 9.17) is 5.73 Å². The Balaban J connectivity index is 2.16. The van der Waals surface area contributed by atoms with Crippen LogP contribution < -0.4 is 5.73 Å². The molecule has 106 valence electrons. The predicted molar refractivity (Wildman–Crippen MR) is 74.4 cm³/mol. The first-order valence-corrected chi connectivity index (χ1v) is 6.14. The number of hydrogen-bond acceptors (Lipinski definition) is 3. The minimum atomic E-state index is -4.62. The van der Waals surface area contributed by atoms with Gasteiger partial charge in [-0.1, -0.05) is 36.4 Å². The fourth-order valence-electron chi connectivity index (χ4n) is 2.09. The lowest BCUT2D eigenvalue weighted by molar-refractivity contribution is -0.144. The summed E-state index contributed by atoms with van der Waals surface area (Å²) in [7, 11) is 0. The van der Waals surface area contributed by atoms with Crippen LogP contribution in [0.3, 0.4) is 0 Å². The summed E-state index contributed by atoms with van der Waals surface area (Å²) >= 11 is 0. The van der Waals surface area contributed by atoms with Crippen molar-refractivity contribution in [1.82, 2.24) is 9.97 Å². The van der Waals surface area contributed by atoms with Crippen molar-refractivity contribution in [2.45, 2.75) is 6.18 Å². The van der Waals surface area contributed by atoms with Crippen LogP contribution in [-0.2, 0) is 6.18 Å². The molecule has 3 aromatic rings. The van der Waals surface area contributed by atoms with E-state index in [1.54, 1.807) is 12.1 Å². The number of benzene rings is 2. The topological polar surface area (TPSA) is 51.8 Å². The minimum Gasteiger partial charge on any atom is -0.384 e. The molecular formula is C15H10F3N3. The third-order valence-electron chi connectivity index (χ3n) is 3.04. The SMILES string of the molecule is Nc1cc(-c2ccc3ccccc3c2)nc(C(F)(F)F)n1. The van der Waals surface area contributed by atoms with E-state index in [9.17, 15) is 13.2 Å². The van der Waals surface area contributed by atoms with Gasteiger partial charge in [-0.25, -0.2) is 9.97 Å². The number of fused-ring (bicyclic) bond motifs is 1. The second-order valence-electron chi connectivity index (χ2n) is 4.56. The molecule has 1 heterocycles. The van der Waals surface area contributed by atoms with E-state index in [1.807, 2.05) is 30.3 Å². The number of anilines is 1. The van der Waals surface area contributed by atoms with Crippen molar-refractivity contribution in [1.29, 1.82) is 0 Å². The van der Waals surface area contributed by atoms with Crippen molar-refractivity contribution in [2.24, 2.45) is 0 Å². The summed E-state index contributed by atoms with van der Waals surface area (Å²) < 4.78 is 38.2. The highest BCUT2D eigenvalue weighted by Crippen LogP contribution is 2.30. The maximum absolute atomic E-state index is 12.7. The van der Waals surface area contributed by atoms with Crippen molar-refractivity contribution in [2.75, 3.05) is 5.73 Å². The number of alkyl halides is 3. The van der Waals surface area contributed by atoms with Crippen molar-refractivity contribution in [3.63, 3.8) is 0 Å². The second-order valence-corrected chi connectivity index (χ2v) is 4.56. The monoisotopic (exact) mass is 289 g/mol. The van der Waals surface area contributed by atoms with E-state index in [0.29, 0.717) is 5.56 Å². The highest BCUT2D eigenvalue weighted by Gasteiger charge is 2.35. The highest BCUT2D eigenvalue weighted by molar-refractivity contribution is 5.86. The molecule has 3 nitrogen and oxygen atoms in total. The Labute approximate surface area is 118 Å². The molecule has 2 N–H and O–H groups in total. The number of rotatable bonds is 1. The molecule has 0 spiro atoms. The zero-order valence-corrected chi connectivity index (χ0v) is 10.7. The molecule has 6 heteroatoms. The van der Waals surface area contributed by atoms with Gasteiger partial charge >= 0.3 is 6.18 Å². The first-order valence-electron chi connectivity index (χ1n) is 6.14. The number of halogens is 3. The molecule has 3 rings (SSSR count). The fourth-order valence-corrected chi connectivity index (χ4v) is 2.09. The summed E-state index contributed by atoms with van der Waals surface area (Å²) in [5.41, 5.74) is 6.17. The number of nitrogen functional groups attached to an aromatic ring is 1. The van der Waals surface area contributed by atoms with Crippen LogP contribution in [0.2, 0.25) is 0 Å². The van der Waals surface area contributed by atoms with Crippen molar-refractivity contribution in [3.05, 3.63) is 54.4 Å². The summed E-state index contributed by atoms with van der Waals surface area (Å²) in [6, 6.07) is 14.2. The Hall–Kier alpha value is -2.63. The fraction of sp³-hybridized carbons (Fsp3) is 0.0667. The molecule has 0 radical (unpaired) electrons. The number of hydrogen-bond donors (Lipinski definition) is 1. The van der Waals surface area contributed by atoms with Gasteiger partial charge in [0.2, 0.25) is 5.82 Å². The normalized spacial score (nSPS) is 11.8. The molecule has 0 fully saturated rings. The van der Waals surface area contributed by atoms with Gasteiger partial charge in [-0.15, -0.1) is 0 Å². The van der Waals surface area contributed by atoms with Gasteiger partial charge in [-0.2, -0.15) is 13.2 Å². The maximum Gasteiger partial charge on any atom is 0.451 e. The molecule has 0 atom stereocenters. The van der Waals surface area contributed by atoms with Crippen molar-refractivity contribution >= 4 is 16.6 Å². The van der Waals surface area contributed by atoms with Gasteiger partial charge in [0.15, 0.2) is 0 Å². The average molecular weight is 289 g/mol. The quantitative estimate of drug-likeness (QED) is 0.739. The van der Waals surface area contributed by atoms with Crippen LogP contribution in [-0.4, -0.2) is 9.97 Å². The summed E-state index contributed by atoms with van der Waals surface area (Å²) in [6.45, 7) is 0. The summed E-state index contributed by atoms with van der Waals surface area (Å²) in [6.07, 6.45) is -4.62. The van der Waals surface area contributed by atoms with Gasteiger partial charge in [0.25, 0.3) is 0 Å². The van der Waals surface area contributed by atoms with Crippen molar-refractivity contribution in [3.8, 4) is 11.3 Å². The molecule has 0 bridgehead atoms. The summed E-state index contributed by atoms with van der Waals surface area (Å²) in [4.78, 5) is 6.80. The van der Waals surface area contributed by atoms with Gasteiger partial charge in [-0.05, 0) is 16.8 Å². The van der Waals surface area contributed by atoms with Crippen LogP contribution in [0.25, 0.3) is 22.0 Å². The molecule has 0 saturated carbocycles. The zero-order chi connectivity index (χ0) is 15.0. The van der Waals surface area contributed by atoms with Gasteiger partial charge in [0.1, 0.15) is 5.82 Å². The Kier molecular flexibility index (Phi) is 3.01. The molecule has 21 heavy (non-hydrogen) atoms. The molecule has 0 aliphatic heterocycles. The first-order chi connectivity index (χ1) is 9.93. The molecule has 0 unspecified atom stereocenters. The van der Waals surface area contributed by atoms with E-state index >= 15 is 0 Å². The van der Waals surface area contributed by atoms with Crippen molar-refractivity contribution < 1.29 is 13.2 Å². The van der Waals surface area contributed by atoms with Crippen LogP contribution >= 0.6 is 0 Å². The summed E-state index contributed by atoms with van der Waals surface area (Å²) in [5.74, 6) is -1.44. The summed E-state index contributed by atoms with van der Waals surface area (Å²) in [5, 5.41) is 1.92. The second kappa shape index (κ2) is 4.73. The van der Waals surface area contributed by atoms with Crippen LogP contribution in [0, 0.1) is 0 Å². The molecule has 0 amide bonds. The third-order valence-corrected chi connectivity index (χ3v) is 3.04. The molecule has 0 saturated heterocycles. The Morgan fingerprint density at radius 3 is 2.29 bits per heavy atom. The lowest BCUT2D eigenvalue weighted by Gasteiger charge is -2.09. The van der Waals surface area contributed by atoms with E-state index in [0.717, 1.165) is 10.8 Å². The third kappa shape index (κ3) is 2.65. The Morgan fingerprint density at radius 1 is 0.857 bits per heavy atom. The van der Waals surface area contributed by atoms with Gasteiger partial charge in [-0.3, -0.25) is 0 Å². The van der Waals surface area contributed by atoms with Crippen LogP contribution in [0.4, 0.5) is 19.0 Å². The smallest absolute Gasteiger partial charge is 0.384 e. The lowest BCUT2D eigenvalue weighted by Crippen LogP contribution is -2.13. The van der Waals surface area contributed by atoms with Gasteiger partial charge in [0.05, 0.1) is 5.69 Å². The maximum atomic E-state index is 12.7. The first kappa shape index (κ1) is 13.4.